The van der Waals surface area contributed by atoms with Crippen molar-refractivity contribution in [3.8, 4) is 0 Å². The molecule has 1 amide bonds. The minimum atomic E-state index is -0.494. The van der Waals surface area contributed by atoms with Crippen LogP contribution in [0.2, 0.25) is 0 Å². The normalized spacial score (nSPS) is 24.7. The van der Waals surface area contributed by atoms with Gasteiger partial charge in [-0.15, -0.1) is 11.3 Å². The minimum Gasteiger partial charge on any atom is -0.450 e. The molecular weight excluding hydrogens is 238 g/mol. The molecule has 0 aliphatic carbocycles. The number of likely N-dealkylation sites (tertiary alicyclic amines) is 1. The number of aliphatic hydroxyl groups is 1. The van der Waals surface area contributed by atoms with E-state index in [1.807, 2.05) is 17.5 Å². The lowest BCUT2D eigenvalue weighted by Gasteiger charge is -2.34. The number of aliphatic hydroxyl groups excluding tert-OH is 1. The lowest BCUT2D eigenvalue weighted by atomic mass is 9.92. The molecule has 4 nitrogen and oxygen atoms in total. The van der Waals surface area contributed by atoms with E-state index in [4.69, 9.17) is 4.74 Å². The average molecular weight is 255 g/mol. The molecule has 0 aromatic carbocycles. The second kappa shape index (κ2) is 5.51. The van der Waals surface area contributed by atoms with Crippen LogP contribution in [-0.2, 0) is 4.74 Å². The third-order valence-electron chi connectivity index (χ3n) is 3.02. The summed E-state index contributed by atoms with van der Waals surface area (Å²) in [4.78, 5) is 14.3. The SMILES string of the molecule is CCOC(=O)N1CCC(c2cccs2)C(O)C1. The number of hydrogen-bond donors (Lipinski definition) is 1. The maximum absolute atomic E-state index is 11.5. The number of ether oxygens (including phenoxy) is 1. The van der Waals surface area contributed by atoms with Gasteiger partial charge in [0.05, 0.1) is 19.3 Å². The number of piperidine rings is 1. The molecule has 5 heteroatoms. The van der Waals surface area contributed by atoms with Gasteiger partial charge in [-0.3, -0.25) is 0 Å². The van der Waals surface area contributed by atoms with Gasteiger partial charge in [-0.1, -0.05) is 6.07 Å². The Morgan fingerprint density at radius 2 is 2.53 bits per heavy atom. The summed E-state index contributed by atoms with van der Waals surface area (Å²) >= 11 is 1.66. The number of hydrogen-bond acceptors (Lipinski definition) is 4. The van der Waals surface area contributed by atoms with Gasteiger partial charge in [0.1, 0.15) is 0 Å². The first kappa shape index (κ1) is 12.4. The van der Waals surface area contributed by atoms with Crippen LogP contribution in [0.3, 0.4) is 0 Å². The summed E-state index contributed by atoms with van der Waals surface area (Å²) in [5.74, 6) is 0.153. The lowest BCUT2D eigenvalue weighted by molar-refractivity contribution is 0.0392. The van der Waals surface area contributed by atoms with Gasteiger partial charge in [-0.05, 0) is 24.8 Å². The molecule has 0 saturated carbocycles. The van der Waals surface area contributed by atoms with Crippen LogP contribution in [0.25, 0.3) is 0 Å². The zero-order valence-electron chi connectivity index (χ0n) is 9.83. The second-order valence-electron chi connectivity index (χ2n) is 4.12. The number of nitrogens with zero attached hydrogens (tertiary/aromatic N) is 1. The Bertz CT molecular complexity index is 366. The summed E-state index contributed by atoms with van der Waals surface area (Å²) in [6.07, 6.45) is -0.0245. The van der Waals surface area contributed by atoms with Crippen molar-refractivity contribution in [2.75, 3.05) is 19.7 Å². The average Bonchev–Trinajstić information content (AvgIpc) is 2.82. The van der Waals surface area contributed by atoms with E-state index in [2.05, 4.69) is 0 Å². The first-order valence-electron chi connectivity index (χ1n) is 5.85. The molecule has 0 spiro atoms. The van der Waals surface area contributed by atoms with Gasteiger partial charge in [-0.25, -0.2) is 4.79 Å². The van der Waals surface area contributed by atoms with E-state index < -0.39 is 6.10 Å². The monoisotopic (exact) mass is 255 g/mol. The lowest BCUT2D eigenvalue weighted by Crippen LogP contribution is -2.45. The van der Waals surface area contributed by atoms with Gasteiger partial charge in [0.15, 0.2) is 0 Å². The van der Waals surface area contributed by atoms with Crippen LogP contribution < -0.4 is 0 Å². The third-order valence-corrected chi connectivity index (χ3v) is 4.02. The van der Waals surface area contributed by atoms with E-state index in [0.717, 1.165) is 6.42 Å². The Balaban J connectivity index is 1.96. The van der Waals surface area contributed by atoms with E-state index in [1.165, 1.54) is 4.88 Å². The van der Waals surface area contributed by atoms with Crippen LogP contribution in [0.15, 0.2) is 17.5 Å². The van der Waals surface area contributed by atoms with Crippen molar-refractivity contribution < 1.29 is 14.6 Å². The Kier molecular flexibility index (Phi) is 4.02. The van der Waals surface area contributed by atoms with Gasteiger partial charge >= 0.3 is 6.09 Å². The Morgan fingerprint density at radius 1 is 1.71 bits per heavy atom. The van der Waals surface area contributed by atoms with Gasteiger partial charge < -0.3 is 14.7 Å². The molecule has 1 aliphatic rings. The predicted octanol–water partition coefficient (Wildman–Crippen LogP) is 2.05. The summed E-state index contributed by atoms with van der Waals surface area (Å²) in [6.45, 7) is 3.17. The molecule has 1 aromatic heterocycles. The zero-order valence-corrected chi connectivity index (χ0v) is 10.7. The molecule has 1 saturated heterocycles. The summed E-state index contributed by atoms with van der Waals surface area (Å²) < 4.78 is 4.93. The van der Waals surface area contributed by atoms with Crippen LogP contribution in [0.1, 0.15) is 24.1 Å². The third kappa shape index (κ3) is 2.79. The molecule has 0 bridgehead atoms. The van der Waals surface area contributed by atoms with Crippen LogP contribution >= 0.6 is 11.3 Å². The van der Waals surface area contributed by atoms with E-state index in [-0.39, 0.29) is 12.0 Å². The highest BCUT2D eigenvalue weighted by atomic mass is 32.1. The summed E-state index contributed by atoms with van der Waals surface area (Å²) in [7, 11) is 0. The maximum atomic E-state index is 11.5. The van der Waals surface area contributed by atoms with Crippen LogP contribution in [0, 0.1) is 0 Å². The van der Waals surface area contributed by atoms with Crippen LogP contribution in [0.4, 0.5) is 4.79 Å². The molecule has 1 aromatic rings. The van der Waals surface area contributed by atoms with Crippen molar-refractivity contribution in [2.24, 2.45) is 0 Å². The molecule has 0 radical (unpaired) electrons. The molecule has 1 aliphatic heterocycles. The molecule has 2 unspecified atom stereocenters. The molecule has 2 atom stereocenters. The first-order chi connectivity index (χ1) is 8.22. The Morgan fingerprint density at radius 3 is 3.12 bits per heavy atom. The summed E-state index contributed by atoms with van der Waals surface area (Å²) in [5, 5.41) is 12.1. The van der Waals surface area contributed by atoms with Gasteiger partial charge in [0.25, 0.3) is 0 Å². The minimum absolute atomic E-state index is 0.153. The van der Waals surface area contributed by atoms with Gasteiger partial charge in [0, 0.05) is 17.3 Å². The number of carbonyl (C=O) groups excluding carboxylic acids is 1. The van der Waals surface area contributed by atoms with E-state index >= 15 is 0 Å². The molecule has 2 heterocycles. The van der Waals surface area contributed by atoms with E-state index in [0.29, 0.717) is 19.7 Å². The maximum Gasteiger partial charge on any atom is 0.409 e. The Labute approximate surface area is 105 Å². The molecule has 1 N–H and O–H groups in total. The van der Waals surface area contributed by atoms with Crippen molar-refractivity contribution in [1.82, 2.24) is 4.90 Å². The smallest absolute Gasteiger partial charge is 0.409 e. The number of thiophene rings is 1. The number of β-amino-alcohol motifs (C(OH)–C–C–N with tert-alkyl or cyclic N) is 1. The Hall–Kier alpha value is -1.07. The molecule has 2 rings (SSSR count). The van der Waals surface area contributed by atoms with Crippen LogP contribution in [-0.4, -0.2) is 41.9 Å². The van der Waals surface area contributed by atoms with E-state index in [9.17, 15) is 9.90 Å². The van der Waals surface area contributed by atoms with Crippen molar-refractivity contribution in [1.29, 1.82) is 0 Å². The zero-order chi connectivity index (χ0) is 12.3. The molecule has 94 valence electrons. The van der Waals surface area contributed by atoms with Crippen molar-refractivity contribution in [2.45, 2.75) is 25.4 Å². The fraction of sp³-hybridized carbons (Fsp3) is 0.583. The van der Waals surface area contributed by atoms with Crippen molar-refractivity contribution in [3.05, 3.63) is 22.4 Å². The fourth-order valence-corrected chi connectivity index (χ4v) is 3.07. The van der Waals surface area contributed by atoms with Crippen molar-refractivity contribution in [3.63, 3.8) is 0 Å². The second-order valence-corrected chi connectivity index (χ2v) is 5.10. The number of amides is 1. The number of carbonyl (C=O) groups is 1. The molecule has 17 heavy (non-hydrogen) atoms. The first-order valence-corrected chi connectivity index (χ1v) is 6.73. The largest absolute Gasteiger partial charge is 0.450 e. The topological polar surface area (TPSA) is 49.8 Å². The molecular formula is C12H17NO3S. The summed E-state index contributed by atoms with van der Waals surface area (Å²) in [6, 6.07) is 4.03. The highest BCUT2D eigenvalue weighted by molar-refractivity contribution is 7.10. The number of rotatable bonds is 2. The van der Waals surface area contributed by atoms with Crippen molar-refractivity contribution >= 4 is 17.4 Å². The highest BCUT2D eigenvalue weighted by Crippen LogP contribution is 2.31. The standard InChI is InChI=1S/C12H17NO3S/c1-2-16-12(15)13-6-5-9(10(14)8-13)11-4-3-7-17-11/h3-4,7,9-10,14H,2,5-6,8H2,1H3. The molecule has 1 fully saturated rings. The predicted molar refractivity (Wildman–Crippen MR) is 66.3 cm³/mol. The van der Waals surface area contributed by atoms with Gasteiger partial charge in [-0.2, -0.15) is 0 Å². The summed E-state index contributed by atoms with van der Waals surface area (Å²) in [5.41, 5.74) is 0. The quantitative estimate of drug-likeness (QED) is 0.880. The van der Waals surface area contributed by atoms with Crippen LogP contribution in [0.5, 0.6) is 0 Å². The fourth-order valence-electron chi connectivity index (χ4n) is 2.15. The van der Waals surface area contributed by atoms with Gasteiger partial charge in [0.2, 0.25) is 0 Å². The van der Waals surface area contributed by atoms with E-state index in [1.54, 1.807) is 23.2 Å². The highest BCUT2D eigenvalue weighted by Gasteiger charge is 2.32.